The molecule has 0 aliphatic rings. The summed E-state index contributed by atoms with van der Waals surface area (Å²) in [4.78, 5) is 26.2. The zero-order chi connectivity index (χ0) is 21.3. The maximum absolute atomic E-state index is 13.4. The number of hydrogen-bond acceptors (Lipinski definition) is 4. The largest absolute Gasteiger partial charge is 0.465 e. The van der Waals surface area contributed by atoms with E-state index in [1.807, 2.05) is 71.0 Å². The summed E-state index contributed by atoms with van der Waals surface area (Å²) in [7, 11) is 1.17. The first-order chi connectivity index (χ1) is 13.4. The van der Waals surface area contributed by atoms with Crippen LogP contribution in [-0.2, 0) is 14.1 Å². The molecular weight excluding hydrogens is 371 g/mol. The molecule has 0 N–H and O–H groups in total. The van der Waals surface area contributed by atoms with Crippen molar-refractivity contribution in [2.45, 2.75) is 53.4 Å². The average Bonchev–Trinajstić information content (AvgIpc) is 2.69. The summed E-state index contributed by atoms with van der Waals surface area (Å²) in [6.07, 6.45) is 1.73. The molecule has 0 aliphatic heterocycles. The van der Waals surface area contributed by atoms with E-state index in [1.165, 1.54) is 9.12 Å². The molecule has 0 fully saturated rings. The lowest BCUT2D eigenvalue weighted by molar-refractivity contribution is -0.144. The molecule has 0 bridgehead atoms. The Balaban J connectivity index is 0.00000190. The third-order valence-electron chi connectivity index (χ3n) is 4.98. The zero-order valence-corrected chi connectivity index (χ0v) is 18.5. The average molecular weight is 401 g/mol. The first kappa shape index (κ1) is 23.7. The van der Waals surface area contributed by atoms with E-state index in [2.05, 4.69) is 0 Å². The summed E-state index contributed by atoms with van der Waals surface area (Å²) in [6.45, 7) is 10.3. The van der Waals surface area contributed by atoms with Crippen molar-refractivity contribution in [1.29, 1.82) is 0 Å². The molecule has 0 heterocycles. The van der Waals surface area contributed by atoms with Gasteiger partial charge in [0.25, 0.3) is 0 Å². The number of ether oxygens (including phenoxy) is 1. The predicted molar refractivity (Wildman–Crippen MR) is 115 cm³/mol. The summed E-state index contributed by atoms with van der Waals surface area (Å²) in [5.41, 5.74) is 5.39. The van der Waals surface area contributed by atoms with E-state index in [9.17, 15) is 9.59 Å². The first-order valence-electron chi connectivity index (χ1n) is 9.45. The molecule has 0 saturated carbocycles. The fourth-order valence-electron chi connectivity index (χ4n) is 3.25. The van der Waals surface area contributed by atoms with Gasteiger partial charge in [0, 0.05) is 5.56 Å². The van der Waals surface area contributed by atoms with Crippen molar-refractivity contribution in [3.8, 4) is 0 Å². The summed E-state index contributed by atoms with van der Waals surface area (Å²) >= 11 is 0. The number of aryl methyl sites for hydroxylation is 2. The second kappa shape index (κ2) is 11.5. The standard InChI is InChI=1S/C23H28O3.H2OP/c1-6-7-13-26-23(25)21(19-11-9-8-10-12-19)22(24)20-16(3)14-15(2)17(4)18(20)5;1-2/h8-12,14,21H,6-7,13H2,1-5H3;2H2/q;+1. The molecule has 2 rings (SSSR count). The van der Waals surface area contributed by atoms with Gasteiger partial charge < -0.3 is 4.74 Å². The van der Waals surface area contributed by atoms with Gasteiger partial charge in [-0.3, -0.25) is 9.59 Å². The van der Waals surface area contributed by atoms with Gasteiger partial charge in [-0.2, -0.15) is 0 Å². The van der Waals surface area contributed by atoms with Crippen LogP contribution < -0.4 is 0 Å². The molecule has 2 aromatic carbocycles. The third kappa shape index (κ3) is 5.59. The summed E-state index contributed by atoms with van der Waals surface area (Å²) < 4.78 is 13.6. The molecule has 2 unspecified atom stereocenters. The van der Waals surface area contributed by atoms with E-state index in [1.54, 1.807) is 0 Å². The van der Waals surface area contributed by atoms with Crippen LogP contribution in [0.25, 0.3) is 0 Å². The second-order valence-electron chi connectivity index (χ2n) is 6.86. The number of rotatable bonds is 7. The number of carbonyl (C=O) groups excluding carboxylic acids is 2. The van der Waals surface area contributed by atoms with Crippen molar-refractivity contribution in [2.24, 2.45) is 0 Å². The molecule has 0 aromatic heterocycles. The SMILES string of the molecule is CCCCOC(=O)C(C(=O)c1c(C)cc(C)c(C)c1C)c1ccccc1.O=[PH2+]. The minimum Gasteiger partial charge on any atom is -0.465 e. The van der Waals surface area contributed by atoms with E-state index in [-0.39, 0.29) is 5.78 Å². The molecule has 0 radical (unpaired) electrons. The topological polar surface area (TPSA) is 60.4 Å². The van der Waals surface area contributed by atoms with E-state index < -0.39 is 11.9 Å². The smallest absolute Gasteiger partial charge is 0.321 e. The predicted octanol–water partition coefficient (Wildman–Crippen LogP) is 5.44. The van der Waals surface area contributed by atoms with Gasteiger partial charge in [-0.1, -0.05) is 54.3 Å². The van der Waals surface area contributed by atoms with Crippen molar-refractivity contribution >= 4 is 20.9 Å². The normalized spacial score (nSPS) is 11.2. The van der Waals surface area contributed by atoms with E-state index >= 15 is 0 Å². The molecule has 28 heavy (non-hydrogen) atoms. The highest BCUT2D eigenvalue weighted by Gasteiger charge is 2.32. The molecule has 0 saturated heterocycles. The number of esters is 1. The van der Waals surface area contributed by atoms with Crippen molar-refractivity contribution in [2.75, 3.05) is 6.61 Å². The zero-order valence-electron chi connectivity index (χ0n) is 17.4. The van der Waals surface area contributed by atoms with Crippen LogP contribution in [0, 0.1) is 27.7 Å². The maximum Gasteiger partial charge on any atom is 0.321 e. The summed E-state index contributed by atoms with van der Waals surface area (Å²) in [5.74, 6) is -1.57. The van der Waals surface area contributed by atoms with Crippen LogP contribution in [0.4, 0.5) is 0 Å². The van der Waals surface area contributed by atoms with Gasteiger partial charge in [0.1, 0.15) is 5.92 Å². The molecule has 4 nitrogen and oxygen atoms in total. The van der Waals surface area contributed by atoms with Gasteiger partial charge in [-0.25, -0.2) is 0 Å². The lowest BCUT2D eigenvalue weighted by Gasteiger charge is -2.20. The van der Waals surface area contributed by atoms with Gasteiger partial charge in [0.2, 0.25) is 0 Å². The van der Waals surface area contributed by atoms with Gasteiger partial charge in [-0.15, -0.1) is 0 Å². The highest BCUT2D eigenvalue weighted by molar-refractivity contribution is 7.00. The van der Waals surface area contributed by atoms with Gasteiger partial charge in [-0.05, 0) is 61.9 Å². The lowest BCUT2D eigenvalue weighted by atomic mass is 9.84. The summed E-state index contributed by atoms with van der Waals surface area (Å²) in [5, 5.41) is 0. The Morgan fingerprint density at radius 3 is 2.14 bits per heavy atom. The molecule has 2 atom stereocenters. The lowest BCUT2D eigenvalue weighted by Crippen LogP contribution is -2.26. The molecule has 5 heteroatoms. The Kier molecular flexibility index (Phi) is 9.75. The second-order valence-corrected chi connectivity index (χ2v) is 6.86. The fourth-order valence-corrected chi connectivity index (χ4v) is 3.25. The Hall–Kier alpha value is -2.32. The minimum atomic E-state index is -0.924. The third-order valence-corrected chi connectivity index (χ3v) is 4.98. The number of unbranched alkanes of at least 4 members (excludes halogenated alkanes) is 1. The monoisotopic (exact) mass is 401 g/mol. The van der Waals surface area contributed by atoms with Crippen LogP contribution in [0.5, 0.6) is 0 Å². The van der Waals surface area contributed by atoms with Crippen LogP contribution in [0.1, 0.15) is 63.9 Å². The minimum absolute atomic E-state index is 0.184. The quantitative estimate of drug-likeness (QED) is 0.204. The number of benzene rings is 2. The van der Waals surface area contributed by atoms with E-state index in [4.69, 9.17) is 9.30 Å². The van der Waals surface area contributed by atoms with Crippen LogP contribution in [0.2, 0.25) is 0 Å². The number of Topliss-reactive ketones (excluding diaryl/α,β-unsaturated/α-hetero) is 1. The van der Waals surface area contributed by atoms with E-state index in [0.29, 0.717) is 17.7 Å². The van der Waals surface area contributed by atoms with Crippen LogP contribution in [0.3, 0.4) is 0 Å². The van der Waals surface area contributed by atoms with Crippen molar-refractivity contribution < 1.29 is 18.9 Å². The van der Waals surface area contributed by atoms with Crippen molar-refractivity contribution in [1.82, 2.24) is 0 Å². The fraction of sp³-hybridized carbons (Fsp3) is 0.391. The van der Waals surface area contributed by atoms with Crippen LogP contribution in [-0.4, -0.2) is 18.4 Å². The summed E-state index contributed by atoms with van der Waals surface area (Å²) in [6, 6.07) is 11.2. The van der Waals surface area contributed by atoms with Crippen LogP contribution >= 0.6 is 9.12 Å². The van der Waals surface area contributed by atoms with Crippen molar-refractivity contribution in [3.05, 3.63) is 69.8 Å². The van der Waals surface area contributed by atoms with Gasteiger partial charge in [0.05, 0.1) is 6.61 Å². The highest BCUT2D eigenvalue weighted by Crippen LogP contribution is 2.29. The first-order valence-corrected chi connectivity index (χ1v) is 9.92. The Morgan fingerprint density at radius 2 is 1.57 bits per heavy atom. The molecule has 0 spiro atoms. The number of hydrogen-bond donors (Lipinski definition) is 0. The number of carbonyl (C=O) groups is 2. The van der Waals surface area contributed by atoms with E-state index in [0.717, 1.165) is 35.1 Å². The van der Waals surface area contributed by atoms with Crippen molar-refractivity contribution in [3.63, 3.8) is 0 Å². The molecule has 0 amide bonds. The number of ketones is 1. The Labute approximate surface area is 169 Å². The molecule has 150 valence electrons. The van der Waals surface area contributed by atoms with Crippen LogP contribution in [0.15, 0.2) is 36.4 Å². The molecule has 2 aromatic rings. The maximum atomic E-state index is 13.4. The van der Waals surface area contributed by atoms with Gasteiger partial charge in [0.15, 0.2) is 5.78 Å². The molecule has 0 aliphatic carbocycles. The van der Waals surface area contributed by atoms with Gasteiger partial charge >= 0.3 is 15.1 Å². The Bertz CT molecular complexity index is 815. The highest BCUT2D eigenvalue weighted by atomic mass is 31.0. The Morgan fingerprint density at radius 1 is 0.964 bits per heavy atom. The molecular formula is C23H30O4P+.